The van der Waals surface area contributed by atoms with Crippen molar-refractivity contribution in [1.82, 2.24) is 0 Å². The van der Waals surface area contributed by atoms with Gasteiger partial charge in [0.1, 0.15) is 11.3 Å². The third kappa shape index (κ3) is 2.47. The summed E-state index contributed by atoms with van der Waals surface area (Å²) in [4.78, 5) is 10.3. The van der Waals surface area contributed by atoms with Gasteiger partial charge in [0.2, 0.25) is 0 Å². The van der Waals surface area contributed by atoms with Gasteiger partial charge < -0.3 is 10.2 Å². The van der Waals surface area contributed by atoms with Crippen molar-refractivity contribution in [2.45, 2.75) is 0 Å². The zero-order chi connectivity index (χ0) is 7.56. The second-order valence-corrected chi connectivity index (χ2v) is 1.82. The first-order chi connectivity index (χ1) is 4.72. The number of aromatic carboxylic acids is 1. The number of aromatic hydroxyl groups is 1. The van der Waals surface area contributed by atoms with E-state index in [0.29, 0.717) is 0 Å². The van der Waals surface area contributed by atoms with Crippen LogP contribution in [0.5, 0.6) is 5.75 Å². The third-order valence-corrected chi connectivity index (χ3v) is 1.13. The number of rotatable bonds is 1. The molecule has 1 aromatic rings. The molecule has 0 aliphatic rings. The first kappa shape index (κ1) is 10.4. The summed E-state index contributed by atoms with van der Waals surface area (Å²) in [7, 11) is 0. The van der Waals surface area contributed by atoms with Crippen LogP contribution >= 0.6 is 0 Å². The van der Waals surface area contributed by atoms with Gasteiger partial charge in [0.05, 0.1) is 0 Å². The fourth-order valence-electron chi connectivity index (χ4n) is 0.654. The van der Waals surface area contributed by atoms with Crippen molar-refractivity contribution in [1.29, 1.82) is 0 Å². The van der Waals surface area contributed by atoms with E-state index in [1.165, 1.54) is 12.1 Å². The Morgan fingerprint density at radius 2 is 1.82 bits per heavy atom. The van der Waals surface area contributed by atoms with Crippen molar-refractivity contribution in [3.63, 3.8) is 0 Å². The molecule has 1 aromatic carbocycles. The number of para-hydroxylation sites is 1. The molecule has 0 amide bonds. The molecule has 4 heteroatoms. The second-order valence-electron chi connectivity index (χ2n) is 1.82. The minimum Gasteiger partial charge on any atom is -0.507 e. The molecule has 2 N–H and O–H groups in total. The summed E-state index contributed by atoms with van der Waals surface area (Å²) in [6, 6.07) is 5.81. The average Bonchev–Trinajstić information content (AvgIpc) is 1.88. The Morgan fingerprint density at radius 1 is 1.27 bits per heavy atom. The molecule has 0 saturated heterocycles. The van der Waals surface area contributed by atoms with Gasteiger partial charge in [0.15, 0.2) is 0 Å². The fourth-order valence-corrected chi connectivity index (χ4v) is 0.654. The van der Waals surface area contributed by atoms with Crippen LogP contribution in [0.4, 0.5) is 0 Å². The number of carboxylic acid groups (broad SMARTS) is 1. The minimum atomic E-state index is -1.11. The van der Waals surface area contributed by atoms with Crippen molar-refractivity contribution in [3.8, 4) is 5.75 Å². The molecule has 2 radical (unpaired) electrons. The van der Waals surface area contributed by atoms with Gasteiger partial charge in [-0.1, -0.05) is 12.1 Å². The molecule has 0 fully saturated rings. The van der Waals surface area contributed by atoms with E-state index in [0.717, 1.165) is 0 Å². The third-order valence-electron chi connectivity index (χ3n) is 1.13. The van der Waals surface area contributed by atoms with Crippen LogP contribution in [-0.2, 0) is 0 Å². The molecule has 0 saturated carbocycles. The maximum Gasteiger partial charge on any atom is 3.00 e. The summed E-state index contributed by atoms with van der Waals surface area (Å²) in [5, 5.41) is 17.3. The van der Waals surface area contributed by atoms with E-state index in [-0.39, 0.29) is 37.5 Å². The van der Waals surface area contributed by atoms with Crippen molar-refractivity contribution < 1.29 is 15.0 Å². The minimum absolute atomic E-state index is 0. The Morgan fingerprint density at radius 3 is 2.18 bits per heavy atom. The van der Waals surface area contributed by atoms with Crippen LogP contribution in [-0.4, -0.2) is 42.4 Å². The zero-order valence-electron chi connectivity index (χ0n) is 5.56. The number of phenols is 1. The molecule has 0 heterocycles. The molecular formula is C7H6BiO3+3. The van der Waals surface area contributed by atoms with E-state index in [1.807, 2.05) is 0 Å². The topological polar surface area (TPSA) is 57.5 Å². The van der Waals surface area contributed by atoms with Gasteiger partial charge in [-0.05, 0) is 12.1 Å². The molecule has 0 bridgehead atoms. The maximum atomic E-state index is 10.3. The van der Waals surface area contributed by atoms with E-state index in [2.05, 4.69) is 0 Å². The summed E-state index contributed by atoms with van der Waals surface area (Å²) in [6.45, 7) is 0. The van der Waals surface area contributed by atoms with E-state index in [4.69, 9.17) is 10.2 Å². The summed E-state index contributed by atoms with van der Waals surface area (Å²) in [6.07, 6.45) is 0. The van der Waals surface area contributed by atoms with Gasteiger partial charge >= 0.3 is 32.2 Å². The molecule has 1 rings (SSSR count). The number of carbonyl (C=O) groups is 1. The molecule has 11 heavy (non-hydrogen) atoms. The Labute approximate surface area is 82.8 Å². The smallest absolute Gasteiger partial charge is 0.507 e. The molecule has 54 valence electrons. The SMILES string of the molecule is O=C(O)c1ccccc1O.[Bi+3]. The first-order valence-corrected chi connectivity index (χ1v) is 2.73. The van der Waals surface area contributed by atoms with Crippen molar-refractivity contribution >= 4 is 32.2 Å². The van der Waals surface area contributed by atoms with E-state index in [9.17, 15) is 4.79 Å². The monoisotopic (exact) mass is 347 g/mol. The molecule has 0 unspecified atom stereocenters. The normalized spacial score (nSPS) is 8.36. The molecule has 0 atom stereocenters. The van der Waals surface area contributed by atoms with Crippen molar-refractivity contribution in [3.05, 3.63) is 29.8 Å². The van der Waals surface area contributed by atoms with Gasteiger partial charge in [-0.2, -0.15) is 0 Å². The van der Waals surface area contributed by atoms with Gasteiger partial charge in [0.25, 0.3) is 0 Å². The number of hydrogen-bond acceptors (Lipinski definition) is 2. The van der Waals surface area contributed by atoms with Crippen LogP contribution in [0, 0.1) is 0 Å². The number of benzene rings is 1. The molecular weight excluding hydrogens is 341 g/mol. The van der Waals surface area contributed by atoms with Crippen molar-refractivity contribution in [2.24, 2.45) is 0 Å². The van der Waals surface area contributed by atoms with E-state index >= 15 is 0 Å². The maximum absolute atomic E-state index is 10.3. The van der Waals surface area contributed by atoms with Crippen molar-refractivity contribution in [2.75, 3.05) is 0 Å². The Bertz CT molecular complexity index is 260. The van der Waals surface area contributed by atoms with Crippen LogP contribution in [0.25, 0.3) is 0 Å². The Balaban J connectivity index is 0.000001000. The standard InChI is InChI=1S/C7H6O3.Bi/c8-6-4-2-1-3-5(6)7(9)10;/h1-4,8H,(H,9,10);/q;+3. The molecule has 0 aliphatic heterocycles. The van der Waals surface area contributed by atoms with E-state index in [1.54, 1.807) is 12.1 Å². The summed E-state index contributed by atoms with van der Waals surface area (Å²) < 4.78 is 0. The second kappa shape index (κ2) is 4.29. The summed E-state index contributed by atoms with van der Waals surface area (Å²) in [5.41, 5.74) is -0.0671. The quantitative estimate of drug-likeness (QED) is 0.736. The summed E-state index contributed by atoms with van der Waals surface area (Å²) in [5.74, 6) is -1.31. The van der Waals surface area contributed by atoms with Gasteiger partial charge in [-0.25, -0.2) is 4.79 Å². The molecule has 0 aromatic heterocycles. The Hall–Kier alpha value is -0.627. The van der Waals surface area contributed by atoms with Gasteiger partial charge in [-0.15, -0.1) is 0 Å². The molecule has 0 spiro atoms. The largest absolute Gasteiger partial charge is 3.00 e. The average molecular weight is 347 g/mol. The van der Waals surface area contributed by atoms with Crippen LogP contribution in [0.1, 0.15) is 10.4 Å². The van der Waals surface area contributed by atoms with Gasteiger partial charge in [0, 0.05) is 0 Å². The van der Waals surface area contributed by atoms with Crippen LogP contribution in [0.15, 0.2) is 24.3 Å². The van der Waals surface area contributed by atoms with Crippen LogP contribution < -0.4 is 0 Å². The number of hydrogen-bond donors (Lipinski definition) is 2. The predicted octanol–water partition coefficient (Wildman–Crippen LogP) is 0.710. The van der Waals surface area contributed by atoms with Gasteiger partial charge in [-0.3, -0.25) is 0 Å². The van der Waals surface area contributed by atoms with Crippen LogP contribution in [0.3, 0.4) is 0 Å². The Kier molecular flexibility index (Phi) is 4.05. The summed E-state index contributed by atoms with van der Waals surface area (Å²) >= 11 is 0. The zero-order valence-corrected chi connectivity index (χ0v) is 9.04. The predicted molar refractivity (Wildman–Crippen MR) is 40.8 cm³/mol. The number of carboxylic acids is 1. The van der Waals surface area contributed by atoms with E-state index < -0.39 is 5.97 Å². The molecule has 0 aliphatic carbocycles. The fraction of sp³-hybridized carbons (Fsp3) is 0. The molecule has 3 nitrogen and oxygen atoms in total. The van der Waals surface area contributed by atoms with Crippen LogP contribution in [0.2, 0.25) is 0 Å². The first-order valence-electron chi connectivity index (χ1n) is 2.73.